The molecule has 0 aliphatic heterocycles. The standard InChI is InChI=1S/C13H15BrN2S/c1-9-3-4-12(15)13(5-9)16(2)7-11-6-10(14)8-17-11/h3-6,8H,7,15H2,1-2H3. The highest BCUT2D eigenvalue weighted by molar-refractivity contribution is 9.10. The highest BCUT2D eigenvalue weighted by Crippen LogP contribution is 2.27. The Morgan fingerprint density at radius 2 is 2.12 bits per heavy atom. The lowest BCUT2D eigenvalue weighted by Crippen LogP contribution is -2.17. The van der Waals surface area contributed by atoms with E-state index < -0.39 is 0 Å². The van der Waals surface area contributed by atoms with Crippen LogP contribution in [-0.4, -0.2) is 7.05 Å². The molecule has 0 saturated carbocycles. The summed E-state index contributed by atoms with van der Waals surface area (Å²) in [5.41, 5.74) is 9.15. The van der Waals surface area contributed by atoms with Crippen molar-refractivity contribution >= 4 is 38.6 Å². The number of nitrogen functional groups attached to an aromatic ring is 1. The summed E-state index contributed by atoms with van der Waals surface area (Å²) < 4.78 is 1.14. The van der Waals surface area contributed by atoms with E-state index in [2.05, 4.69) is 52.3 Å². The minimum absolute atomic E-state index is 0.828. The van der Waals surface area contributed by atoms with Crippen LogP contribution >= 0.6 is 27.3 Å². The summed E-state index contributed by atoms with van der Waals surface area (Å²) in [5.74, 6) is 0. The van der Waals surface area contributed by atoms with Gasteiger partial charge >= 0.3 is 0 Å². The molecule has 1 aromatic heterocycles. The summed E-state index contributed by atoms with van der Waals surface area (Å²) >= 11 is 5.22. The summed E-state index contributed by atoms with van der Waals surface area (Å²) in [6.07, 6.45) is 0. The molecule has 0 saturated heterocycles. The Labute approximate surface area is 114 Å². The third kappa shape index (κ3) is 3.01. The van der Waals surface area contributed by atoms with Crippen molar-refractivity contribution in [2.24, 2.45) is 0 Å². The number of nitrogens with zero attached hydrogens (tertiary/aromatic N) is 1. The Morgan fingerprint density at radius 3 is 2.76 bits per heavy atom. The van der Waals surface area contributed by atoms with Gasteiger partial charge in [0.1, 0.15) is 0 Å². The number of thiophene rings is 1. The van der Waals surface area contributed by atoms with Gasteiger partial charge in [0.2, 0.25) is 0 Å². The molecule has 0 unspecified atom stereocenters. The van der Waals surface area contributed by atoms with E-state index >= 15 is 0 Å². The molecule has 2 N–H and O–H groups in total. The third-order valence-corrected chi connectivity index (χ3v) is 4.29. The zero-order valence-corrected chi connectivity index (χ0v) is 12.3. The summed E-state index contributed by atoms with van der Waals surface area (Å²) in [7, 11) is 2.07. The van der Waals surface area contributed by atoms with Crippen molar-refractivity contribution in [2.45, 2.75) is 13.5 Å². The van der Waals surface area contributed by atoms with E-state index in [1.165, 1.54) is 10.4 Å². The lowest BCUT2D eigenvalue weighted by atomic mass is 10.2. The molecule has 0 amide bonds. The smallest absolute Gasteiger partial charge is 0.0603 e. The van der Waals surface area contributed by atoms with Crippen LogP contribution in [0.3, 0.4) is 0 Å². The highest BCUT2D eigenvalue weighted by atomic mass is 79.9. The molecule has 0 atom stereocenters. The first-order chi connectivity index (χ1) is 8.06. The first-order valence-electron chi connectivity index (χ1n) is 5.36. The van der Waals surface area contributed by atoms with Gasteiger partial charge in [-0.05, 0) is 46.6 Å². The molecule has 0 aliphatic rings. The molecule has 1 aromatic carbocycles. The minimum Gasteiger partial charge on any atom is -0.397 e. The maximum Gasteiger partial charge on any atom is 0.0603 e. The topological polar surface area (TPSA) is 29.3 Å². The Morgan fingerprint density at radius 1 is 1.35 bits per heavy atom. The van der Waals surface area contributed by atoms with E-state index in [1.54, 1.807) is 11.3 Å². The van der Waals surface area contributed by atoms with Crippen LogP contribution in [0.5, 0.6) is 0 Å². The van der Waals surface area contributed by atoms with Crippen molar-refractivity contribution in [3.8, 4) is 0 Å². The fraction of sp³-hybridized carbons (Fsp3) is 0.231. The van der Waals surface area contributed by atoms with Gasteiger partial charge in [-0.25, -0.2) is 0 Å². The molecule has 0 bridgehead atoms. The largest absolute Gasteiger partial charge is 0.397 e. The molecule has 2 rings (SSSR count). The van der Waals surface area contributed by atoms with Crippen molar-refractivity contribution < 1.29 is 0 Å². The van der Waals surface area contributed by atoms with E-state index in [-0.39, 0.29) is 0 Å². The van der Waals surface area contributed by atoms with Gasteiger partial charge < -0.3 is 10.6 Å². The molecular formula is C13H15BrN2S. The molecule has 0 fully saturated rings. The van der Waals surface area contributed by atoms with Crippen molar-refractivity contribution in [3.63, 3.8) is 0 Å². The monoisotopic (exact) mass is 310 g/mol. The van der Waals surface area contributed by atoms with Crippen LogP contribution in [0, 0.1) is 6.92 Å². The first kappa shape index (κ1) is 12.5. The molecule has 4 heteroatoms. The summed E-state index contributed by atoms with van der Waals surface area (Å²) in [6.45, 7) is 2.96. The second-order valence-corrected chi connectivity index (χ2v) is 6.06. The molecule has 17 heavy (non-hydrogen) atoms. The maximum atomic E-state index is 6.00. The first-order valence-corrected chi connectivity index (χ1v) is 7.03. The second kappa shape index (κ2) is 5.10. The average Bonchev–Trinajstić information content (AvgIpc) is 2.67. The molecular weight excluding hydrogens is 296 g/mol. The van der Waals surface area contributed by atoms with Crippen LogP contribution in [0.25, 0.3) is 0 Å². The maximum absolute atomic E-state index is 6.00. The van der Waals surface area contributed by atoms with Gasteiger partial charge in [0.15, 0.2) is 0 Å². The van der Waals surface area contributed by atoms with E-state index in [0.29, 0.717) is 0 Å². The van der Waals surface area contributed by atoms with Crippen LogP contribution in [0.15, 0.2) is 34.1 Å². The van der Waals surface area contributed by atoms with E-state index in [0.717, 1.165) is 22.4 Å². The van der Waals surface area contributed by atoms with Gasteiger partial charge in [0.25, 0.3) is 0 Å². The molecule has 1 heterocycles. The van der Waals surface area contributed by atoms with Gasteiger partial charge in [0, 0.05) is 21.8 Å². The van der Waals surface area contributed by atoms with Gasteiger partial charge in [-0.3, -0.25) is 0 Å². The predicted molar refractivity (Wildman–Crippen MR) is 79.7 cm³/mol. The average molecular weight is 311 g/mol. The van der Waals surface area contributed by atoms with Gasteiger partial charge in [-0.2, -0.15) is 0 Å². The lowest BCUT2D eigenvalue weighted by Gasteiger charge is -2.20. The Hall–Kier alpha value is -1.000. The fourth-order valence-corrected chi connectivity index (χ4v) is 3.24. The van der Waals surface area contributed by atoms with Gasteiger partial charge in [-0.15, -0.1) is 11.3 Å². The predicted octanol–water partition coefficient (Wildman–Crippen LogP) is 4.04. The molecule has 0 aliphatic carbocycles. The SMILES string of the molecule is Cc1ccc(N)c(N(C)Cc2cc(Br)cs2)c1. The molecule has 2 nitrogen and oxygen atoms in total. The number of nitrogens with two attached hydrogens (primary N) is 1. The zero-order chi connectivity index (χ0) is 12.4. The Bertz CT molecular complexity index is 522. The second-order valence-electron chi connectivity index (χ2n) is 4.15. The number of anilines is 2. The van der Waals surface area contributed by atoms with Crippen LogP contribution in [0.2, 0.25) is 0 Å². The van der Waals surface area contributed by atoms with Crippen molar-refractivity contribution in [2.75, 3.05) is 17.7 Å². The minimum atomic E-state index is 0.828. The van der Waals surface area contributed by atoms with Crippen molar-refractivity contribution in [1.29, 1.82) is 0 Å². The van der Waals surface area contributed by atoms with Gasteiger partial charge in [-0.1, -0.05) is 6.07 Å². The third-order valence-electron chi connectivity index (χ3n) is 2.61. The quantitative estimate of drug-likeness (QED) is 0.867. The summed E-state index contributed by atoms with van der Waals surface area (Å²) in [4.78, 5) is 3.50. The number of rotatable bonds is 3. The summed E-state index contributed by atoms with van der Waals surface area (Å²) in [5, 5.41) is 2.10. The number of benzene rings is 1. The number of halogens is 1. The molecule has 2 aromatic rings. The van der Waals surface area contributed by atoms with Crippen LogP contribution in [-0.2, 0) is 6.54 Å². The molecule has 0 spiro atoms. The number of hydrogen-bond acceptors (Lipinski definition) is 3. The summed E-state index contributed by atoms with van der Waals surface area (Å²) in [6, 6.07) is 8.27. The lowest BCUT2D eigenvalue weighted by molar-refractivity contribution is 0.940. The normalized spacial score (nSPS) is 10.5. The Balaban J connectivity index is 2.19. The number of hydrogen-bond donors (Lipinski definition) is 1. The molecule has 90 valence electrons. The zero-order valence-electron chi connectivity index (χ0n) is 9.90. The van der Waals surface area contributed by atoms with Crippen LogP contribution in [0.1, 0.15) is 10.4 Å². The van der Waals surface area contributed by atoms with Crippen LogP contribution in [0.4, 0.5) is 11.4 Å². The van der Waals surface area contributed by atoms with E-state index in [4.69, 9.17) is 5.73 Å². The molecule has 0 radical (unpaired) electrons. The van der Waals surface area contributed by atoms with E-state index in [1.807, 2.05) is 12.1 Å². The van der Waals surface area contributed by atoms with Crippen molar-refractivity contribution in [3.05, 3.63) is 44.6 Å². The number of aryl methyl sites for hydroxylation is 1. The highest BCUT2D eigenvalue weighted by Gasteiger charge is 2.07. The van der Waals surface area contributed by atoms with E-state index in [9.17, 15) is 0 Å². The van der Waals surface area contributed by atoms with Gasteiger partial charge in [0.05, 0.1) is 17.9 Å². The Kier molecular flexibility index (Phi) is 3.74. The van der Waals surface area contributed by atoms with Crippen molar-refractivity contribution in [1.82, 2.24) is 0 Å². The fourth-order valence-electron chi connectivity index (χ4n) is 1.74. The van der Waals surface area contributed by atoms with Crippen LogP contribution < -0.4 is 10.6 Å².